The lowest BCUT2D eigenvalue weighted by Crippen LogP contribution is -2.23. The van der Waals surface area contributed by atoms with Gasteiger partial charge < -0.3 is 21.4 Å². The van der Waals surface area contributed by atoms with E-state index in [0.717, 1.165) is 47.2 Å². The highest BCUT2D eigenvalue weighted by Gasteiger charge is 2.27. The van der Waals surface area contributed by atoms with E-state index in [1.807, 2.05) is 48.5 Å². The molecule has 0 saturated heterocycles. The van der Waals surface area contributed by atoms with Crippen molar-refractivity contribution in [1.82, 2.24) is 4.98 Å². The number of urea groups is 1. The van der Waals surface area contributed by atoms with E-state index in [2.05, 4.69) is 22.5 Å². The van der Waals surface area contributed by atoms with Gasteiger partial charge in [-0.15, -0.1) is 0 Å². The van der Waals surface area contributed by atoms with Crippen molar-refractivity contribution in [1.29, 1.82) is 0 Å². The lowest BCUT2D eigenvalue weighted by atomic mass is 9.82. The largest absolute Gasteiger partial charge is 0.357 e. The molecule has 4 rings (SSSR count). The lowest BCUT2D eigenvalue weighted by molar-refractivity contribution is 0.262. The number of carbonyl (C=O) groups is 1. The first kappa shape index (κ1) is 16.7. The number of aromatic nitrogens is 1. The SMILES string of the molecule is CCC1Cc2c([nH]c3ccc(NC(=O)Nc4ccccc4)cc23)C(N)C1. The smallest absolute Gasteiger partial charge is 0.323 e. The standard InChI is InChI=1S/C21H24N4O/c1-2-13-10-17-16-12-15(8-9-19(16)25-20(17)18(22)11-13)24-21(26)23-14-6-4-3-5-7-14/h3-9,12-13,18,25H,2,10-11,22H2,1H3,(H2,23,24,26). The fourth-order valence-electron chi connectivity index (χ4n) is 3.86. The molecule has 2 aromatic carbocycles. The Kier molecular flexibility index (Phi) is 4.39. The number of para-hydroxylation sites is 1. The molecular formula is C21H24N4O. The molecule has 1 heterocycles. The molecule has 5 N–H and O–H groups in total. The number of nitrogens with one attached hydrogen (secondary N) is 3. The number of H-pyrrole nitrogens is 1. The molecule has 0 fully saturated rings. The molecule has 0 bridgehead atoms. The van der Waals surface area contributed by atoms with Crippen LogP contribution in [0.25, 0.3) is 10.9 Å². The molecule has 26 heavy (non-hydrogen) atoms. The maximum absolute atomic E-state index is 12.2. The number of hydrogen-bond acceptors (Lipinski definition) is 2. The summed E-state index contributed by atoms with van der Waals surface area (Å²) in [6.07, 6.45) is 3.21. The van der Waals surface area contributed by atoms with Gasteiger partial charge in [-0.3, -0.25) is 0 Å². The predicted octanol–water partition coefficient (Wildman–Crippen LogP) is 4.78. The van der Waals surface area contributed by atoms with Crippen molar-refractivity contribution in [3.63, 3.8) is 0 Å². The number of carbonyl (C=O) groups excluding carboxylic acids is 1. The molecule has 2 amide bonds. The summed E-state index contributed by atoms with van der Waals surface area (Å²) < 4.78 is 0. The molecule has 0 aliphatic heterocycles. The van der Waals surface area contributed by atoms with E-state index < -0.39 is 0 Å². The van der Waals surface area contributed by atoms with Crippen LogP contribution in [-0.2, 0) is 6.42 Å². The van der Waals surface area contributed by atoms with Gasteiger partial charge in [-0.25, -0.2) is 4.79 Å². The average Bonchev–Trinajstić information content (AvgIpc) is 3.01. The average molecular weight is 348 g/mol. The van der Waals surface area contributed by atoms with Crippen LogP contribution in [0.15, 0.2) is 48.5 Å². The predicted molar refractivity (Wildman–Crippen MR) is 106 cm³/mol. The van der Waals surface area contributed by atoms with Crippen LogP contribution in [0, 0.1) is 5.92 Å². The molecule has 5 nitrogen and oxygen atoms in total. The van der Waals surface area contributed by atoms with Gasteiger partial charge >= 0.3 is 6.03 Å². The molecule has 0 spiro atoms. The Bertz CT molecular complexity index is 932. The molecular weight excluding hydrogens is 324 g/mol. The number of hydrogen-bond donors (Lipinski definition) is 4. The Balaban J connectivity index is 1.58. The summed E-state index contributed by atoms with van der Waals surface area (Å²) in [6.45, 7) is 2.22. The number of aromatic amines is 1. The van der Waals surface area contributed by atoms with Crippen LogP contribution in [-0.4, -0.2) is 11.0 Å². The fourth-order valence-corrected chi connectivity index (χ4v) is 3.86. The fraction of sp³-hybridized carbons (Fsp3) is 0.286. The van der Waals surface area contributed by atoms with Gasteiger partial charge in [0, 0.05) is 34.0 Å². The molecule has 2 unspecified atom stereocenters. The van der Waals surface area contributed by atoms with Gasteiger partial charge in [0.25, 0.3) is 0 Å². The van der Waals surface area contributed by atoms with Gasteiger partial charge in [-0.2, -0.15) is 0 Å². The minimum Gasteiger partial charge on any atom is -0.357 e. The Morgan fingerprint density at radius 3 is 2.69 bits per heavy atom. The van der Waals surface area contributed by atoms with E-state index >= 15 is 0 Å². The maximum Gasteiger partial charge on any atom is 0.323 e. The summed E-state index contributed by atoms with van der Waals surface area (Å²) in [5, 5.41) is 6.92. The summed E-state index contributed by atoms with van der Waals surface area (Å²) in [5.74, 6) is 0.620. The minimum atomic E-state index is -0.247. The summed E-state index contributed by atoms with van der Waals surface area (Å²) in [4.78, 5) is 15.7. The minimum absolute atomic E-state index is 0.0638. The monoisotopic (exact) mass is 348 g/mol. The summed E-state index contributed by atoms with van der Waals surface area (Å²) >= 11 is 0. The second-order valence-corrected chi connectivity index (χ2v) is 7.04. The lowest BCUT2D eigenvalue weighted by Gasteiger charge is -2.26. The first-order chi connectivity index (χ1) is 12.6. The van der Waals surface area contributed by atoms with Crippen molar-refractivity contribution >= 4 is 28.3 Å². The van der Waals surface area contributed by atoms with E-state index in [1.54, 1.807) is 0 Å². The zero-order valence-corrected chi connectivity index (χ0v) is 14.9. The quantitative estimate of drug-likeness (QED) is 0.549. The van der Waals surface area contributed by atoms with Crippen LogP contribution in [0.1, 0.15) is 37.1 Å². The first-order valence-electron chi connectivity index (χ1n) is 9.17. The molecule has 1 aliphatic carbocycles. The molecule has 5 heteroatoms. The van der Waals surface area contributed by atoms with E-state index in [0.29, 0.717) is 5.92 Å². The first-order valence-corrected chi connectivity index (χ1v) is 9.17. The van der Waals surface area contributed by atoms with Crippen LogP contribution >= 0.6 is 0 Å². The summed E-state index contributed by atoms with van der Waals surface area (Å²) in [7, 11) is 0. The van der Waals surface area contributed by atoms with E-state index in [9.17, 15) is 4.79 Å². The van der Waals surface area contributed by atoms with Crippen molar-refractivity contribution in [2.75, 3.05) is 10.6 Å². The van der Waals surface area contributed by atoms with Crippen molar-refractivity contribution < 1.29 is 4.79 Å². The number of benzene rings is 2. The van der Waals surface area contributed by atoms with E-state index in [4.69, 9.17) is 5.73 Å². The molecule has 0 saturated carbocycles. The normalized spacial score (nSPS) is 19.2. The van der Waals surface area contributed by atoms with Crippen molar-refractivity contribution in [3.8, 4) is 0 Å². The maximum atomic E-state index is 12.2. The third kappa shape index (κ3) is 3.18. The van der Waals surface area contributed by atoms with Crippen molar-refractivity contribution in [2.45, 2.75) is 32.2 Å². The molecule has 3 aromatic rings. The van der Waals surface area contributed by atoms with Gasteiger partial charge in [-0.05, 0) is 54.7 Å². The number of fused-ring (bicyclic) bond motifs is 3. The van der Waals surface area contributed by atoms with Crippen LogP contribution in [0.4, 0.5) is 16.2 Å². The Morgan fingerprint density at radius 1 is 1.15 bits per heavy atom. The highest BCUT2D eigenvalue weighted by atomic mass is 16.2. The third-order valence-corrected chi connectivity index (χ3v) is 5.26. The van der Waals surface area contributed by atoms with Crippen LogP contribution in [0.3, 0.4) is 0 Å². The van der Waals surface area contributed by atoms with Gasteiger partial charge in [0.1, 0.15) is 0 Å². The van der Waals surface area contributed by atoms with Gasteiger partial charge in [-0.1, -0.05) is 31.5 Å². The summed E-state index contributed by atoms with van der Waals surface area (Å²) in [6, 6.07) is 15.2. The number of anilines is 2. The van der Waals surface area contributed by atoms with Crippen molar-refractivity contribution in [3.05, 3.63) is 59.8 Å². The molecule has 134 valence electrons. The Morgan fingerprint density at radius 2 is 1.92 bits per heavy atom. The van der Waals surface area contributed by atoms with Crippen LogP contribution < -0.4 is 16.4 Å². The van der Waals surface area contributed by atoms with Crippen LogP contribution in [0.2, 0.25) is 0 Å². The Hall–Kier alpha value is -2.79. The highest BCUT2D eigenvalue weighted by molar-refractivity contribution is 6.01. The Labute approximate surface area is 153 Å². The molecule has 1 aromatic heterocycles. The molecule has 0 radical (unpaired) electrons. The number of nitrogens with two attached hydrogens (primary N) is 1. The second kappa shape index (κ2) is 6.84. The van der Waals surface area contributed by atoms with Gasteiger partial charge in [0.05, 0.1) is 0 Å². The van der Waals surface area contributed by atoms with Crippen LogP contribution in [0.5, 0.6) is 0 Å². The zero-order chi connectivity index (χ0) is 18.1. The van der Waals surface area contributed by atoms with E-state index in [-0.39, 0.29) is 12.1 Å². The second-order valence-electron chi connectivity index (χ2n) is 7.04. The van der Waals surface area contributed by atoms with Gasteiger partial charge in [0.2, 0.25) is 0 Å². The summed E-state index contributed by atoms with van der Waals surface area (Å²) in [5.41, 5.74) is 11.4. The highest BCUT2D eigenvalue weighted by Crippen LogP contribution is 2.38. The van der Waals surface area contributed by atoms with E-state index in [1.165, 1.54) is 5.56 Å². The van der Waals surface area contributed by atoms with Gasteiger partial charge in [0.15, 0.2) is 0 Å². The molecule has 1 aliphatic rings. The topological polar surface area (TPSA) is 82.9 Å². The number of amides is 2. The third-order valence-electron chi connectivity index (χ3n) is 5.26. The van der Waals surface area contributed by atoms with Crippen molar-refractivity contribution in [2.24, 2.45) is 11.7 Å². The molecule has 2 atom stereocenters. The number of rotatable bonds is 3. The zero-order valence-electron chi connectivity index (χ0n) is 14.9.